The molecule has 6 nitrogen and oxygen atoms in total. The molecule has 1 atom stereocenters. The van der Waals surface area contributed by atoms with E-state index < -0.39 is 5.97 Å². The third-order valence-electron chi connectivity index (χ3n) is 5.46. The summed E-state index contributed by atoms with van der Waals surface area (Å²) in [4.78, 5) is 17.7. The number of benzene rings is 2. The summed E-state index contributed by atoms with van der Waals surface area (Å²) >= 11 is 0. The molecule has 156 valence electrons. The molecule has 2 heterocycles. The van der Waals surface area contributed by atoms with Crippen LogP contribution in [0.4, 0.5) is 0 Å². The van der Waals surface area contributed by atoms with Gasteiger partial charge in [0.15, 0.2) is 0 Å². The summed E-state index contributed by atoms with van der Waals surface area (Å²) in [6.07, 6.45) is 3.74. The van der Waals surface area contributed by atoms with E-state index in [2.05, 4.69) is 34.5 Å². The Labute approximate surface area is 176 Å². The van der Waals surface area contributed by atoms with Crippen molar-refractivity contribution in [2.45, 2.75) is 32.0 Å². The van der Waals surface area contributed by atoms with E-state index in [1.54, 1.807) is 0 Å². The van der Waals surface area contributed by atoms with Crippen LogP contribution >= 0.6 is 0 Å². The van der Waals surface area contributed by atoms with E-state index in [1.807, 2.05) is 36.5 Å². The van der Waals surface area contributed by atoms with Crippen molar-refractivity contribution in [3.63, 3.8) is 0 Å². The molecule has 2 aliphatic heterocycles. The van der Waals surface area contributed by atoms with Crippen LogP contribution in [0.1, 0.15) is 36.6 Å². The van der Waals surface area contributed by atoms with Crippen LogP contribution < -0.4 is 10.1 Å². The lowest BCUT2D eigenvalue weighted by atomic mass is 10.0. The van der Waals surface area contributed by atoms with Crippen molar-refractivity contribution in [2.75, 3.05) is 19.6 Å². The summed E-state index contributed by atoms with van der Waals surface area (Å²) in [6, 6.07) is 18.2. The molecular weight excluding hydrogens is 378 g/mol. The number of rotatable bonds is 8. The molecule has 0 amide bonds. The molecule has 0 radical (unpaired) electrons. The van der Waals surface area contributed by atoms with E-state index in [1.165, 1.54) is 11.3 Å². The van der Waals surface area contributed by atoms with Crippen molar-refractivity contribution < 1.29 is 14.6 Å². The maximum atomic E-state index is 10.7. The molecule has 4 rings (SSSR count). The number of hydrogen-bond donors (Lipinski definition) is 2. The number of ether oxygens (including phenoxy) is 1. The average molecular weight is 405 g/mol. The van der Waals surface area contributed by atoms with Gasteiger partial charge in [0, 0.05) is 43.4 Å². The summed E-state index contributed by atoms with van der Waals surface area (Å²) in [6.45, 7) is 3.13. The molecule has 0 fully saturated rings. The summed E-state index contributed by atoms with van der Waals surface area (Å²) in [7, 11) is 0. The third kappa shape index (κ3) is 5.27. The maximum Gasteiger partial charge on any atom is 0.303 e. The number of nitrogens with zero attached hydrogens (tertiary/aromatic N) is 2. The van der Waals surface area contributed by atoms with Crippen LogP contribution in [0.25, 0.3) is 0 Å². The summed E-state index contributed by atoms with van der Waals surface area (Å²) in [5.41, 5.74) is 4.70. The van der Waals surface area contributed by atoms with Crippen LogP contribution in [0.5, 0.6) is 5.75 Å². The van der Waals surface area contributed by atoms with Crippen LogP contribution in [0.3, 0.4) is 0 Å². The first-order valence-electron chi connectivity index (χ1n) is 10.4. The Morgan fingerprint density at radius 3 is 2.73 bits per heavy atom. The molecule has 0 bridgehead atoms. The molecule has 30 heavy (non-hydrogen) atoms. The molecule has 2 aliphatic rings. The molecule has 0 aromatic heterocycles. The lowest BCUT2D eigenvalue weighted by Gasteiger charge is -2.33. The van der Waals surface area contributed by atoms with Crippen LogP contribution in [0, 0.1) is 0 Å². The molecule has 2 aromatic rings. The zero-order valence-electron chi connectivity index (χ0n) is 17.0. The van der Waals surface area contributed by atoms with Crippen molar-refractivity contribution in [3.05, 3.63) is 77.0 Å². The molecule has 0 aliphatic carbocycles. The van der Waals surface area contributed by atoms with E-state index in [0.29, 0.717) is 13.0 Å². The molecule has 2 N–H and O–H groups in total. The highest BCUT2D eigenvalue weighted by Gasteiger charge is 2.23. The second-order valence-electron chi connectivity index (χ2n) is 7.70. The highest BCUT2D eigenvalue weighted by Crippen LogP contribution is 2.26. The minimum Gasteiger partial charge on any atom is -0.489 e. The smallest absolute Gasteiger partial charge is 0.303 e. The Balaban J connectivity index is 1.30. The monoisotopic (exact) mass is 405 g/mol. The van der Waals surface area contributed by atoms with Crippen molar-refractivity contribution in [1.29, 1.82) is 0 Å². The third-order valence-corrected chi connectivity index (χ3v) is 5.46. The zero-order chi connectivity index (χ0) is 20.8. The first kappa shape index (κ1) is 20.2. The van der Waals surface area contributed by atoms with Crippen LogP contribution in [0.15, 0.2) is 70.9 Å². The maximum absolute atomic E-state index is 10.7. The highest BCUT2D eigenvalue weighted by atomic mass is 16.5. The van der Waals surface area contributed by atoms with E-state index >= 15 is 0 Å². The molecule has 6 heteroatoms. The van der Waals surface area contributed by atoms with Gasteiger partial charge in [-0.2, -0.15) is 0 Å². The number of carbonyl (C=O) groups is 1. The largest absolute Gasteiger partial charge is 0.489 e. The standard InChI is InChI=1S/C24H27N3O3/c28-23(29)7-4-13-27-14-12-22-20(16-27)15-25-24(26-22)19-8-10-21(11-9-19)30-17-18-5-2-1-3-6-18/h1-3,5-6,8-11,15,24,26H,4,7,12-14,16-17H2,(H,28,29). The SMILES string of the molecule is O=C(O)CCCN1CCC2=C(C=NC(c3ccc(OCc4ccccc4)cc3)N2)C1. The normalized spacial score (nSPS) is 18.6. The van der Waals surface area contributed by atoms with Gasteiger partial charge in [-0.15, -0.1) is 0 Å². The molecular formula is C24H27N3O3. The first-order valence-corrected chi connectivity index (χ1v) is 10.4. The van der Waals surface area contributed by atoms with E-state index in [-0.39, 0.29) is 12.6 Å². The van der Waals surface area contributed by atoms with Crippen molar-refractivity contribution in [2.24, 2.45) is 4.99 Å². The Kier molecular flexibility index (Phi) is 6.44. The summed E-state index contributed by atoms with van der Waals surface area (Å²) in [5, 5.41) is 12.4. The quantitative estimate of drug-likeness (QED) is 0.700. The lowest BCUT2D eigenvalue weighted by Crippen LogP contribution is -2.38. The average Bonchev–Trinajstić information content (AvgIpc) is 2.78. The second-order valence-corrected chi connectivity index (χ2v) is 7.70. The predicted molar refractivity (Wildman–Crippen MR) is 117 cm³/mol. The van der Waals surface area contributed by atoms with Gasteiger partial charge in [0.1, 0.15) is 18.5 Å². The summed E-state index contributed by atoms with van der Waals surface area (Å²) in [5.74, 6) is 0.115. The predicted octanol–water partition coefficient (Wildman–Crippen LogP) is 3.76. The Bertz CT molecular complexity index is 922. The lowest BCUT2D eigenvalue weighted by molar-refractivity contribution is -0.137. The van der Waals surface area contributed by atoms with Crippen molar-refractivity contribution >= 4 is 12.2 Å². The van der Waals surface area contributed by atoms with Gasteiger partial charge in [-0.05, 0) is 36.2 Å². The van der Waals surface area contributed by atoms with Crippen LogP contribution in [0.2, 0.25) is 0 Å². The summed E-state index contributed by atoms with van der Waals surface area (Å²) < 4.78 is 5.87. The Hall–Kier alpha value is -3.12. The molecule has 2 aromatic carbocycles. The number of nitrogens with one attached hydrogen (secondary N) is 1. The molecule has 0 saturated heterocycles. The van der Waals surface area contributed by atoms with Gasteiger partial charge >= 0.3 is 5.97 Å². The zero-order valence-corrected chi connectivity index (χ0v) is 17.0. The van der Waals surface area contributed by atoms with E-state index in [9.17, 15) is 4.79 Å². The fourth-order valence-corrected chi connectivity index (χ4v) is 3.80. The number of aliphatic imine (C=N–C) groups is 1. The minimum atomic E-state index is -0.730. The van der Waals surface area contributed by atoms with E-state index in [4.69, 9.17) is 14.8 Å². The fourth-order valence-electron chi connectivity index (χ4n) is 3.80. The van der Waals surface area contributed by atoms with Gasteiger partial charge in [0.25, 0.3) is 0 Å². The molecule has 1 unspecified atom stereocenters. The van der Waals surface area contributed by atoms with Gasteiger partial charge < -0.3 is 15.2 Å². The number of aliphatic carboxylic acids is 1. The van der Waals surface area contributed by atoms with Crippen molar-refractivity contribution in [1.82, 2.24) is 10.2 Å². The van der Waals surface area contributed by atoms with Gasteiger partial charge in [0.05, 0.1) is 0 Å². The van der Waals surface area contributed by atoms with E-state index in [0.717, 1.165) is 42.9 Å². The second kappa shape index (κ2) is 9.59. The van der Waals surface area contributed by atoms with Gasteiger partial charge in [-0.1, -0.05) is 42.5 Å². The first-order chi connectivity index (χ1) is 14.7. The Morgan fingerprint density at radius 2 is 1.97 bits per heavy atom. The number of hydrogen-bond acceptors (Lipinski definition) is 5. The van der Waals surface area contributed by atoms with Gasteiger partial charge in [-0.25, -0.2) is 0 Å². The van der Waals surface area contributed by atoms with Crippen LogP contribution in [-0.2, 0) is 11.4 Å². The highest BCUT2D eigenvalue weighted by molar-refractivity contribution is 5.81. The Morgan fingerprint density at radius 1 is 1.17 bits per heavy atom. The fraction of sp³-hybridized carbons (Fsp3) is 0.333. The molecule has 0 saturated carbocycles. The van der Waals surface area contributed by atoms with Crippen LogP contribution in [-0.4, -0.2) is 41.8 Å². The minimum absolute atomic E-state index is 0.0783. The number of carboxylic acid groups (broad SMARTS) is 1. The van der Waals surface area contributed by atoms with Gasteiger partial charge in [0.2, 0.25) is 0 Å². The number of carboxylic acids is 1. The van der Waals surface area contributed by atoms with Crippen molar-refractivity contribution in [3.8, 4) is 5.75 Å². The van der Waals surface area contributed by atoms with Gasteiger partial charge in [-0.3, -0.25) is 14.7 Å². The topological polar surface area (TPSA) is 74.2 Å². The molecule has 0 spiro atoms.